The van der Waals surface area contributed by atoms with Gasteiger partial charge in [-0.25, -0.2) is 0 Å². The van der Waals surface area contributed by atoms with E-state index in [0.29, 0.717) is 25.2 Å². The molecule has 1 atom stereocenters. The Bertz CT molecular complexity index is 447. The monoisotopic (exact) mass is 274 g/mol. The molecule has 1 aliphatic rings. The highest BCUT2D eigenvalue weighted by Gasteiger charge is 2.25. The van der Waals surface area contributed by atoms with Crippen molar-refractivity contribution in [2.24, 2.45) is 0 Å². The van der Waals surface area contributed by atoms with Crippen LogP contribution in [0.3, 0.4) is 0 Å². The van der Waals surface area contributed by atoms with Crippen molar-refractivity contribution in [3.63, 3.8) is 0 Å². The minimum absolute atomic E-state index is 0.0434. The van der Waals surface area contributed by atoms with E-state index in [1.165, 1.54) is 5.06 Å². The summed E-state index contributed by atoms with van der Waals surface area (Å²) in [5, 5.41) is 10.9. The van der Waals surface area contributed by atoms with Crippen molar-refractivity contribution >= 4 is 5.91 Å². The first-order valence-electron chi connectivity index (χ1n) is 7.13. The molecule has 108 valence electrons. The minimum Gasteiger partial charge on any atom is -0.332 e. The third-order valence-corrected chi connectivity index (χ3v) is 3.72. The van der Waals surface area contributed by atoms with Crippen molar-refractivity contribution < 1.29 is 10.0 Å². The molecule has 1 aromatic rings. The van der Waals surface area contributed by atoms with Crippen LogP contribution in [0.1, 0.15) is 29.6 Å². The van der Waals surface area contributed by atoms with E-state index in [0.717, 1.165) is 19.3 Å². The van der Waals surface area contributed by atoms with Crippen molar-refractivity contribution in [3.05, 3.63) is 48.6 Å². The zero-order valence-electron chi connectivity index (χ0n) is 11.7. The molecule has 1 amide bonds. The predicted molar refractivity (Wildman–Crippen MR) is 78.7 cm³/mol. The maximum Gasteiger partial charge on any atom is 0.254 e. The second kappa shape index (κ2) is 7.22. The molecule has 0 aliphatic carbocycles. The SMILES string of the molecule is C=CCN(C(=O)c1ccccc1)C1CCCN(O)CC1. The van der Waals surface area contributed by atoms with Gasteiger partial charge in [0.2, 0.25) is 0 Å². The van der Waals surface area contributed by atoms with Gasteiger partial charge in [-0.1, -0.05) is 24.3 Å². The molecule has 1 aliphatic heterocycles. The van der Waals surface area contributed by atoms with Crippen LogP contribution < -0.4 is 0 Å². The van der Waals surface area contributed by atoms with Crippen LogP contribution in [0.15, 0.2) is 43.0 Å². The largest absolute Gasteiger partial charge is 0.332 e. The number of nitrogens with zero attached hydrogens (tertiary/aromatic N) is 2. The second-order valence-corrected chi connectivity index (χ2v) is 5.15. The first-order chi connectivity index (χ1) is 9.72. The smallest absolute Gasteiger partial charge is 0.254 e. The minimum atomic E-state index is 0.0434. The Morgan fingerprint density at radius 3 is 2.80 bits per heavy atom. The van der Waals surface area contributed by atoms with Crippen LogP contribution in [-0.2, 0) is 0 Å². The van der Waals surface area contributed by atoms with Gasteiger partial charge in [-0.3, -0.25) is 4.79 Å². The molecule has 1 saturated heterocycles. The molecule has 20 heavy (non-hydrogen) atoms. The van der Waals surface area contributed by atoms with E-state index < -0.39 is 0 Å². The summed E-state index contributed by atoms with van der Waals surface area (Å²) >= 11 is 0. The Kier molecular flexibility index (Phi) is 5.32. The second-order valence-electron chi connectivity index (χ2n) is 5.15. The number of amides is 1. The third kappa shape index (κ3) is 3.68. The van der Waals surface area contributed by atoms with E-state index in [-0.39, 0.29) is 11.9 Å². The molecule has 2 rings (SSSR count). The summed E-state index contributed by atoms with van der Waals surface area (Å²) in [6.07, 6.45) is 4.38. The normalized spacial score (nSPS) is 20.1. The molecule has 0 radical (unpaired) electrons. The first kappa shape index (κ1) is 14.8. The van der Waals surface area contributed by atoms with E-state index >= 15 is 0 Å². The maximum atomic E-state index is 12.6. The fourth-order valence-electron chi connectivity index (χ4n) is 2.66. The number of carbonyl (C=O) groups is 1. The molecule has 4 heteroatoms. The lowest BCUT2D eigenvalue weighted by atomic mass is 10.1. The summed E-state index contributed by atoms with van der Waals surface area (Å²) in [5.74, 6) is 0.0434. The van der Waals surface area contributed by atoms with Crippen molar-refractivity contribution in [2.75, 3.05) is 19.6 Å². The van der Waals surface area contributed by atoms with E-state index in [4.69, 9.17) is 0 Å². The van der Waals surface area contributed by atoms with Crippen LogP contribution in [0.2, 0.25) is 0 Å². The fourth-order valence-corrected chi connectivity index (χ4v) is 2.66. The lowest BCUT2D eigenvalue weighted by Crippen LogP contribution is -2.41. The molecule has 1 heterocycles. The van der Waals surface area contributed by atoms with E-state index in [9.17, 15) is 10.0 Å². The molecule has 1 aromatic carbocycles. The molecule has 4 nitrogen and oxygen atoms in total. The Morgan fingerprint density at radius 2 is 2.10 bits per heavy atom. The van der Waals surface area contributed by atoms with E-state index in [1.54, 1.807) is 6.08 Å². The Labute approximate surface area is 120 Å². The number of benzene rings is 1. The van der Waals surface area contributed by atoms with Crippen molar-refractivity contribution in [1.82, 2.24) is 9.96 Å². The molecule has 1 N–H and O–H groups in total. The summed E-state index contributed by atoms with van der Waals surface area (Å²) < 4.78 is 0. The quantitative estimate of drug-likeness (QED) is 0.858. The Balaban J connectivity index is 2.13. The molecule has 0 saturated carbocycles. The number of rotatable bonds is 4. The van der Waals surface area contributed by atoms with Gasteiger partial charge in [0.05, 0.1) is 0 Å². The van der Waals surface area contributed by atoms with Gasteiger partial charge in [-0.15, -0.1) is 6.58 Å². The molecule has 0 bridgehead atoms. The Morgan fingerprint density at radius 1 is 1.35 bits per heavy atom. The third-order valence-electron chi connectivity index (χ3n) is 3.72. The van der Waals surface area contributed by atoms with Gasteiger partial charge in [0.15, 0.2) is 0 Å². The average molecular weight is 274 g/mol. The van der Waals surface area contributed by atoms with Gasteiger partial charge in [0.1, 0.15) is 0 Å². The van der Waals surface area contributed by atoms with Gasteiger partial charge in [-0.2, -0.15) is 5.06 Å². The molecular formula is C16H22N2O2. The molecule has 1 fully saturated rings. The lowest BCUT2D eigenvalue weighted by Gasteiger charge is -2.30. The van der Waals surface area contributed by atoms with Gasteiger partial charge in [0.25, 0.3) is 5.91 Å². The number of hydrogen-bond acceptors (Lipinski definition) is 3. The first-order valence-corrected chi connectivity index (χ1v) is 7.13. The van der Waals surface area contributed by atoms with Crippen LogP contribution in [0.25, 0.3) is 0 Å². The zero-order chi connectivity index (χ0) is 14.4. The van der Waals surface area contributed by atoms with Crippen LogP contribution in [0, 0.1) is 0 Å². The van der Waals surface area contributed by atoms with Crippen molar-refractivity contribution in [3.8, 4) is 0 Å². The number of carbonyl (C=O) groups excluding carboxylic acids is 1. The van der Waals surface area contributed by atoms with Gasteiger partial charge in [-0.05, 0) is 31.4 Å². The molecular weight excluding hydrogens is 252 g/mol. The molecule has 0 spiro atoms. The summed E-state index contributed by atoms with van der Waals surface area (Å²) in [6, 6.07) is 9.51. The summed E-state index contributed by atoms with van der Waals surface area (Å²) in [4.78, 5) is 14.5. The lowest BCUT2D eigenvalue weighted by molar-refractivity contribution is -0.0882. The summed E-state index contributed by atoms with van der Waals surface area (Å²) in [6.45, 7) is 5.59. The topological polar surface area (TPSA) is 43.8 Å². The van der Waals surface area contributed by atoms with Crippen LogP contribution in [0.4, 0.5) is 0 Å². The van der Waals surface area contributed by atoms with Crippen LogP contribution in [0.5, 0.6) is 0 Å². The maximum absolute atomic E-state index is 12.6. The standard InChI is InChI=1S/C16H22N2O2/c1-2-11-18(15-9-6-12-17(20)13-10-15)16(19)14-7-4-3-5-8-14/h2-5,7-8,15,20H,1,6,9-13H2. The van der Waals surface area contributed by atoms with E-state index in [1.807, 2.05) is 35.2 Å². The van der Waals surface area contributed by atoms with Gasteiger partial charge >= 0.3 is 0 Å². The van der Waals surface area contributed by atoms with Gasteiger partial charge in [0, 0.05) is 31.2 Å². The Hall–Kier alpha value is -1.65. The molecule has 0 aromatic heterocycles. The highest BCUT2D eigenvalue weighted by Crippen LogP contribution is 2.18. The zero-order valence-corrected chi connectivity index (χ0v) is 11.7. The van der Waals surface area contributed by atoms with Crippen molar-refractivity contribution in [2.45, 2.75) is 25.3 Å². The van der Waals surface area contributed by atoms with Crippen LogP contribution >= 0.6 is 0 Å². The highest BCUT2D eigenvalue weighted by molar-refractivity contribution is 5.94. The fraction of sp³-hybridized carbons (Fsp3) is 0.438. The number of hydroxylamine groups is 2. The summed E-state index contributed by atoms with van der Waals surface area (Å²) in [7, 11) is 0. The molecule has 1 unspecified atom stereocenters. The van der Waals surface area contributed by atoms with Gasteiger partial charge < -0.3 is 10.1 Å². The van der Waals surface area contributed by atoms with Crippen LogP contribution in [-0.4, -0.2) is 46.8 Å². The average Bonchev–Trinajstić information content (AvgIpc) is 2.70. The van der Waals surface area contributed by atoms with Crippen molar-refractivity contribution in [1.29, 1.82) is 0 Å². The summed E-state index contributed by atoms with van der Waals surface area (Å²) in [5.41, 5.74) is 0.708. The van der Waals surface area contributed by atoms with E-state index in [2.05, 4.69) is 6.58 Å². The number of hydrogen-bond donors (Lipinski definition) is 1. The highest BCUT2D eigenvalue weighted by atomic mass is 16.5. The predicted octanol–water partition coefficient (Wildman–Crippen LogP) is 2.56.